The third-order valence-corrected chi connectivity index (χ3v) is 2.89. The fourth-order valence-electron chi connectivity index (χ4n) is 1.26. The average molecular weight is 236 g/mol. The summed E-state index contributed by atoms with van der Waals surface area (Å²) in [5, 5.41) is 11.9. The normalized spacial score (nSPS) is 18.8. The van der Waals surface area contributed by atoms with E-state index in [2.05, 4.69) is 21.2 Å². The summed E-state index contributed by atoms with van der Waals surface area (Å²) in [6.07, 6.45) is 3.09. The van der Waals surface area contributed by atoms with Crippen LogP contribution >= 0.6 is 15.9 Å². The molecule has 2 N–H and O–H groups in total. The quantitative estimate of drug-likeness (QED) is 0.689. The Morgan fingerprint density at radius 1 is 1.58 bits per heavy atom. The smallest absolute Gasteiger partial charge is 0.230 e. The predicted molar refractivity (Wildman–Crippen MR) is 50.2 cm³/mol. The zero-order valence-corrected chi connectivity index (χ0v) is 8.56. The molecule has 0 radical (unpaired) electrons. The highest BCUT2D eigenvalue weighted by molar-refractivity contribution is 9.09. The van der Waals surface area contributed by atoms with Crippen LogP contribution in [0.4, 0.5) is 0 Å². The molecule has 1 amide bonds. The molecule has 1 aliphatic carbocycles. The summed E-state index contributed by atoms with van der Waals surface area (Å²) in [6.45, 7) is 0.947. The Morgan fingerprint density at radius 2 is 2.25 bits per heavy atom. The van der Waals surface area contributed by atoms with Crippen LogP contribution in [0.5, 0.6) is 0 Å². The molecule has 3 nitrogen and oxygen atoms in total. The molecule has 70 valence electrons. The first-order valence-corrected chi connectivity index (χ1v) is 5.28. The molecule has 1 fully saturated rings. The minimum Gasteiger partial charge on any atom is -0.396 e. The number of hydrogen-bond acceptors (Lipinski definition) is 2. The fourth-order valence-corrected chi connectivity index (χ4v) is 1.46. The van der Waals surface area contributed by atoms with Crippen LogP contribution in [0.2, 0.25) is 0 Å². The van der Waals surface area contributed by atoms with Gasteiger partial charge >= 0.3 is 0 Å². The SMILES string of the molecule is O=C(CBr)NCC1(CCO)CC1. The molecule has 1 aliphatic rings. The molecule has 1 rings (SSSR count). The molecule has 0 heterocycles. The maximum atomic E-state index is 10.9. The Labute approximate surface area is 80.7 Å². The number of aliphatic hydroxyl groups is 1. The first kappa shape index (κ1) is 9.99. The summed E-state index contributed by atoms with van der Waals surface area (Å²) in [7, 11) is 0. The van der Waals surface area contributed by atoms with Gasteiger partial charge in [-0.2, -0.15) is 0 Å². The van der Waals surface area contributed by atoms with Crippen molar-refractivity contribution in [2.24, 2.45) is 5.41 Å². The minimum atomic E-state index is 0.0271. The summed E-state index contributed by atoms with van der Waals surface area (Å²) in [5.41, 5.74) is 0.229. The number of alkyl halides is 1. The topological polar surface area (TPSA) is 49.3 Å². The van der Waals surface area contributed by atoms with Crippen molar-refractivity contribution in [3.05, 3.63) is 0 Å². The van der Waals surface area contributed by atoms with Crippen molar-refractivity contribution in [2.75, 3.05) is 18.5 Å². The highest BCUT2D eigenvalue weighted by Crippen LogP contribution is 2.47. The van der Waals surface area contributed by atoms with E-state index in [-0.39, 0.29) is 17.9 Å². The van der Waals surface area contributed by atoms with Crippen molar-refractivity contribution in [3.8, 4) is 0 Å². The molecule has 0 saturated heterocycles. The summed E-state index contributed by atoms with van der Waals surface area (Å²) in [5.74, 6) is 0.0271. The number of hydrogen-bond donors (Lipinski definition) is 2. The molecule has 0 aromatic rings. The second-order valence-corrected chi connectivity index (χ2v) is 3.94. The molecular formula is C8H14BrNO2. The van der Waals surface area contributed by atoms with Gasteiger partial charge in [0, 0.05) is 13.2 Å². The van der Waals surface area contributed by atoms with Gasteiger partial charge in [0.1, 0.15) is 0 Å². The van der Waals surface area contributed by atoms with Gasteiger partial charge in [-0.15, -0.1) is 0 Å². The van der Waals surface area contributed by atoms with Crippen molar-refractivity contribution in [2.45, 2.75) is 19.3 Å². The maximum absolute atomic E-state index is 10.9. The number of aliphatic hydroxyl groups excluding tert-OH is 1. The highest BCUT2D eigenvalue weighted by Gasteiger charge is 2.41. The summed E-state index contributed by atoms with van der Waals surface area (Å²) < 4.78 is 0. The van der Waals surface area contributed by atoms with Crippen LogP contribution in [0.1, 0.15) is 19.3 Å². The lowest BCUT2D eigenvalue weighted by atomic mass is 10.0. The zero-order valence-electron chi connectivity index (χ0n) is 6.98. The van der Waals surface area contributed by atoms with Crippen LogP contribution in [-0.4, -0.2) is 29.5 Å². The summed E-state index contributed by atoms with van der Waals surface area (Å²) >= 11 is 3.08. The Balaban J connectivity index is 2.17. The number of rotatable bonds is 5. The molecule has 0 unspecified atom stereocenters. The number of amides is 1. The molecule has 0 atom stereocenters. The number of carbonyl (C=O) groups excluding carboxylic acids is 1. The summed E-state index contributed by atoms with van der Waals surface area (Å²) in [6, 6.07) is 0. The highest BCUT2D eigenvalue weighted by atomic mass is 79.9. The third-order valence-electron chi connectivity index (χ3n) is 2.38. The minimum absolute atomic E-state index is 0.0271. The lowest BCUT2D eigenvalue weighted by Gasteiger charge is -2.13. The van der Waals surface area contributed by atoms with Crippen LogP contribution in [0.25, 0.3) is 0 Å². The Kier molecular flexibility index (Phi) is 3.53. The van der Waals surface area contributed by atoms with E-state index < -0.39 is 0 Å². The molecule has 0 aromatic heterocycles. The van der Waals surface area contributed by atoms with E-state index in [9.17, 15) is 4.79 Å². The van der Waals surface area contributed by atoms with E-state index in [1.807, 2.05) is 0 Å². The van der Waals surface area contributed by atoms with Crippen LogP contribution in [-0.2, 0) is 4.79 Å². The molecule has 1 saturated carbocycles. The van der Waals surface area contributed by atoms with Crippen molar-refractivity contribution >= 4 is 21.8 Å². The first-order valence-electron chi connectivity index (χ1n) is 4.16. The molecule has 0 aliphatic heterocycles. The van der Waals surface area contributed by atoms with E-state index in [4.69, 9.17) is 5.11 Å². The molecule has 4 heteroatoms. The lowest BCUT2D eigenvalue weighted by Crippen LogP contribution is -2.31. The largest absolute Gasteiger partial charge is 0.396 e. The molecule has 0 bridgehead atoms. The zero-order chi connectivity index (χ0) is 9.03. The molecular weight excluding hydrogens is 222 g/mol. The van der Waals surface area contributed by atoms with E-state index in [0.717, 1.165) is 25.8 Å². The van der Waals surface area contributed by atoms with Crippen LogP contribution in [0, 0.1) is 5.41 Å². The number of halogens is 1. The van der Waals surface area contributed by atoms with E-state index in [1.165, 1.54) is 0 Å². The van der Waals surface area contributed by atoms with E-state index in [1.54, 1.807) is 0 Å². The monoisotopic (exact) mass is 235 g/mol. The third kappa shape index (κ3) is 2.75. The number of carbonyl (C=O) groups is 1. The molecule has 0 spiro atoms. The first-order chi connectivity index (χ1) is 5.72. The Morgan fingerprint density at radius 3 is 2.67 bits per heavy atom. The van der Waals surface area contributed by atoms with Gasteiger partial charge in [-0.1, -0.05) is 15.9 Å². The fraction of sp³-hybridized carbons (Fsp3) is 0.875. The van der Waals surface area contributed by atoms with E-state index in [0.29, 0.717) is 5.33 Å². The van der Waals surface area contributed by atoms with Crippen molar-refractivity contribution < 1.29 is 9.90 Å². The maximum Gasteiger partial charge on any atom is 0.230 e. The van der Waals surface area contributed by atoms with Gasteiger partial charge in [0.15, 0.2) is 0 Å². The van der Waals surface area contributed by atoms with E-state index >= 15 is 0 Å². The van der Waals surface area contributed by atoms with Crippen molar-refractivity contribution in [1.29, 1.82) is 0 Å². The molecule has 0 aromatic carbocycles. The van der Waals surface area contributed by atoms with Crippen LogP contribution in [0.15, 0.2) is 0 Å². The van der Waals surface area contributed by atoms with Gasteiger partial charge in [-0.25, -0.2) is 0 Å². The van der Waals surface area contributed by atoms with Crippen LogP contribution < -0.4 is 5.32 Å². The van der Waals surface area contributed by atoms with Gasteiger partial charge in [0.2, 0.25) is 5.91 Å². The predicted octanol–water partition coefficient (Wildman–Crippen LogP) is 0.660. The van der Waals surface area contributed by atoms with Gasteiger partial charge in [0.05, 0.1) is 5.33 Å². The van der Waals surface area contributed by atoms with Gasteiger partial charge in [-0.05, 0) is 24.7 Å². The van der Waals surface area contributed by atoms with Crippen molar-refractivity contribution in [1.82, 2.24) is 5.32 Å². The number of nitrogens with one attached hydrogen (secondary N) is 1. The average Bonchev–Trinajstić information content (AvgIpc) is 2.82. The van der Waals surface area contributed by atoms with Crippen LogP contribution in [0.3, 0.4) is 0 Å². The van der Waals surface area contributed by atoms with Gasteiger partial charge < -0.3 is 10.4 Å². The second-order valence-electron chi connectivity index (χ2n) is 3.38. The van der Waals surface area contributed by atoms with Gasteiger partial charge in [0.25, 0.3) is 0 Å². The Hall–Kier alpha value is -0.0900. The standard InChI is InChI=1S/C8H14BrNO2/c9-5-7(12)10-6-8(1-2-8)3-4-11/h11H,1-6H2,(H,10,12). The lowest BCUT2D eigenvalue weighted by molar-refractivity contribution is -0.118. The van der Waals surface area contributed by atoms with Crippen molar-refractivity contribution in [3.63, 3.8) is 0 Å². The van der Waals surface area contributed by atoms with Gasteiger partial charge in [-0.3, -0.25) is 4.79 Å². The Bertz CT molecular complexity index is 168. The second kappa shape index (κ2) is 4.23. The summed E-state index contributed by atoms with van der Waals surface area (Å²) in [4.78, 5) is 10.9. The molecule has 12 heavy (non-hydrogen) atoms.